The van der Waals surface area contributed by atoms with E-state index in [0.717, 1.165) is 36.5 Å². The van der Waals surface area contributed by atoms with Gasteiger partial charge in [-0.3, -0.25) is 4.79 Å². The van der Waals surface area contributed by atoms with Crippen LogP contribution in [0.5, 0.6) is 0 Å². The standard InChI is InChI=1S/C24H32FN3O/c1-17-14-23(18(2)28(17)22-6-4-3-5-7-22)24(29)26-15-19-12-13-27(16-19)21-10-8-20(25)9-11-21/h8-11,14,19,22H,3-7,12-13,15-16H2,1-2H3,(H,26,29). The van der Waals surface area contributed by atoms with Crippen molar-refractivity contribution >= 4 is 11.6 Å². The molecule has 1 N–H and O–H groups in total. The van der Waals surface area contributed by atoms with Gasteiger partial charge >= 0.3 is 0 Å². The zero-order chi connectivity index (χ0) is 20.4. The number of aromatic nitrogens is 1. The summed E-state index contributed by atoms with van der Waals surface area (Å²) in [5.41, 5.74) is 4.17. The van der Waals surface area contributed by atoms with E-state index >= 15 is 0 Å². The van der Waals surface area contributed by atoms with Gasteiger partial charge in [0.25, 0.3) is 5.91 Å². The molecule has 1 atom stereocenters. The Bertz CT molecular complexity index is 852. The highest BCUT2D eigenvalue weighted by atomic mass is 19.1. The lowest BCUT2D eigenvalue weighted by molar-refractivity contribution is 0.0947. The molecule has 0 bridgehead atoms. The minimum Gasteiger partial charge on any atom is -0.371 e. The Morgan fingerprint density at radius 3 is 2.55 bits per heavy atom. The number of aryl methyl sites for hydroxylation is 1. The Hall–Kier alpha value is -2.30. The van der Waals surface area contributed by atoms with Crippen molar-refractivity contribution in [3.05, 3.63) is 53.1 Å². The Morgan fingerprint density at radius 1 is 1.10 bits per heavy atom. The lowest BCUT2D eigenvalue weighted by atomic mass is 9.95. The largest absolute Gasteiger partial charge is 0.371 e. The highest BCUT2D eigenvalue weighted by Crippen LogP contribution is 2.32. The van der Waals surface area contributed by atoms with Crippen LogP contribution in [0, 0.1) is 25.6 Å². The number of rotatable bonds is 5. The average molecular weight is 398 g/mol. The molecule has 2 heterocycles. The highest BCUT2D eigenvalue weighted by molar-refractivity contribution is 5.95. The van der Waals surface area contributed by atoms with Crippen LogP contribution in [0.4, 0.5) is 10.1 Å². The zero-order valence-electron chi connectivity index (χ0n) is 17.6. The summed E-state index contributed by atoms with van der Waals surface area (Å²) in [4.78, 5) is 15.1. The topological polar surface area (TPSA) is 37.3 Å². The van der Waals surface area contributed by atoms with E-state index in [-0.39, 0.29) is 11.7 Å². The molecule has 2 fully saturated rings. The summed E-state index contributed by atoms with van der Waals surface area (Å²) < 4.78 is 15.5. The zero-order valence-corrected chi connectivity index (χ0v) is 17.6. The molecule has 1 saturated carbocycles. The van der Waals surface area contributed by atoms with Crippen LogP contribution in [0.25, 0.3) is 0 Å². The number of hydrogen-bond donors (Lipinski definition) is 1. The van der Waals surface area contributed by atoms with E-state index in [2.05, 4.69) is 34.7 Å². The van der Waals surface area contributed by atoms with Crippen LogP contribution in [0.1, 0.15) is 66.3 Å². The average Bonchev–Trinajstić information content (AvgIpc) is 3.32. The third-order valence-electron chi connectivity index (χ3n) is 6.70. The number of nitrogens with one attached hydrogen (secondary N) is 1. The van der Waals surface area contributed by atoms with Gasteiger partial charge in [0.05, 0.1) is 5.56 Å². The van der Waals surface area contributed by atoms with E-state index in [9.17, 15) is 9.18 Å². The van der Waals surface area contributed by atoms with Crippen molar-refractivity contribution in [2.45, 2.75) is 58.4 Å². The number of carbonyl (C=O) groups is 1. The van der Waals surface area contributed by atoms with E-state index in [0.29, 0.717) is 18.5 Å². The van der Waals surface area contributed by atoms with E-state index in [1.807, 2.05) is 12.1 Å². The number of anilines is 1. The second-order valence-electron chi connectivity index (χ2n) is 8.73. The smallest absolute Gasteiger partial charge is 0.253 e. The Kier molecular flexibility index (Phi) is 5.93. The molecule has 0 spiro atoms. The summed E-state index contributed by atoms with van der Waals surface area (Å²) in [5.74, 6) is 0.258. The SMILES string of the molecule is Cc1cc(C(=O)NCC2CCN(c3ccc(F)cc3)C2)c(C)n1C1CCCCC1. The third-order valence-corrected chi connectivity index (χ3v) is 6.70. The first-order valence-electron chi connectivity index (χ1n) is 11.0. The van der Waals surface area contributed by atoms with Crippen molar-refractivity contribution < 1.29 is 9.18 Å². The number of carbonyl (C=O) groups excluding carboxylic acids is 1. The number of amides is 1. The van der Waals surface area contributed by atoms with Gasteiger partial charge in [0.1, 0.15) is 5.82 Å². The molecular weight excluding hydrogens is 365 g/mol. The summed E-state index contributed by atoms with van der Waals surface area (Å²) in [6.07, 6.45) is 7.39. The van der Waals surface area contributed by atoms with Crippen molar-refractivity contribution in [3.8, 4) is 0 Å². The summed E-state index contributed by atoms with van der Waals surface area (Å²) >= 11 is 0. The molecule has 1 aliphatic heterocycles. The normalized spacial score (nSPS) is 20.2. The number of benzene rings is 1. The molecule has 1 aliphatic carbocycles. The van der Waals surface area contributed by atoms with Gasteiger partial charge in [-0.25, -0.2) is 4.39 Å². The third kappa shape index (κ3) is 4.34. The number of nitrogens with zero attached hydrogens (tertiary/aromatic N) is 2. The molecule has 0 radical (unpaired) electrons. The predicted molar refractivity (Wildman–Crippen MR) is 115 cm³/mol. The fourth-order valence-electron chi connectivity index (χ4n) is 5.13. The summed E-state index contributed by atoms with van der Waals surface area (Å²) in [7, 11) is 0. The first-order valence-corrected chi connectivity index (χ1v) is 11.0. The van der Waals surface area contributed by atoms with Gasteiger partial charge in [0.2, 0.25) is 0 Å². The molecular formula is C24H32FN3O. The lowest BCUT2D eigenvalue weighted by Crippen LogP contribution is -2.31. The van der Waals surface area contributed by atoms with Crippen molar-refractivity contribution in [1.29, 1.82) is 0 Å². The maximum atomic E-state index is 13.1. The highest BCUT2D eigenvalue weighted by Gasteiger charge is 2.25. The number of halogens is 1. The van der Waals surface area contributed by atoms with E-state index < -0.39 is 0 Å². The molecule has 29 heavy (non-hydrogen) atoms. The molecule has 1 saturated heterocycles. The maximum Gasteiger partial charge on any atom is 0.253 e. The quantitative estimate of drug-likeness (QED) is 0.770. The van der Waals surface area contributed by atoms with Gasteiger partial charge in [0, 0.05) is 42.8 Å². The first-order chi connectivity index (χ1) is 14.0. The van der Waals surface area contributed by atoms with Crippen molar-refractivity contribution in [2.75, 3.05) is 24.5 Å². The van der Waals surface area contributed by atoms with Crippen molar-refractivity contribution in [2.24, 2.45) is 5.92 Å². The summed E-state index contributed by atoms with van der Waals surface area (Å²) in [5, 5.41) is 3.17. The lowest BCUT2D eigenvalue weighted by Gasteiger charge is -2.26. The summed E-state index contributed by atoms with van der Waals surface area (Å²) in [6.45, 7) is 6.73. The Labute approximate surface area is 173 Å². The fourth-order valence-corrected chi connectivity index (χ4v) is 5.13. The molecule has 1 aromatic carbocycles. The minimum atomic E-state index is -0.206. The molecule has 1 aromatic heterocycles. The van der Waals surface area contributed by atoms with Gasteiger partial charge in [-0.2, -0.15) is 0 Å². The fraction of sp³-hybridized carbons (Fsp3) is 0.542. The van der Waals surface area contributed by atoms with Gasteiger partial charge in [0.15, 0.2) is 0 Å². The first kappa shape index (κ1) is 20.0. The van der Waals surface area contributed by atoms with E-state index in [4.69, 9.17) is 0 Å². The van der Waals surface area contributed by atoms with Crippen molar-refractivity contribution in [1.82, 2.24) is 9.88 Å². The molecule has 2 aromatic rings. The van der Waals surface area contributed by atoms with Crippen LogP contribution in [0.3, 0.4) is 0 Å². The van der Waals surface area contributed by atoms with Gasteiger partial charge < -0.3 is 14.8 Å². The summed E-state index contributed by atoms with van der Waals surface area (Å²) in [6, 6.07) is 9.27. The van der Waals surface area contributed by atoms with Crippen LogP contribution in [-0.4, -0.2) is 30.1 Å². The molecule has 2 aliphatic rings. The van der Waals surface area contributed by atoms with E-state index in [1.54, 1.807) is 0 Å². The predicted octanol–water partition coefficient (Wildman–Crippen LogP) is 5.01. The Balaban J connectivity index is 1.35. The van der Waals surface area contributed by atoms with Crippen LogP contribution >= 0.6 is 0 Å². The van der Waals surface area contributed by atoms with Crippen LogP contribution in [0.15, 0.2) is 30.3 Å². The monoisotopic (exact) mass is 397 g/mol. The minimum absolute atomic E-state index is 0.0420. The molecule has 1 unspecified atom stereocenters. The molecule has 156 valence electrons. The molecule has 5 heteroatoms. The maximum absolute atomic E-state index is 13.1. The van der Waals surface area contributed by atoms with Crippen LogP contribution < -0.4 is 10.2 Å². The second-order valence-corrected chi connectivity index (χ2v) is 8.73. The molecule has 4 nitrogen and oxygen atoms in total. The molecule has 4 rings (SSSR count). The molecule has 1 amide bonds. The van der Waals surface area contributed by atoms with Gasteiger partial charge in [-0.15, -0.1) is 0 Å². The van der Waals surface area contributed by atoms with Crippen LogP contribution in [0.2, 0.25) is 0 Å². The van der Waals surface area contributed by atoms with E-state index in [1.165, 1.54) is 49.9 Å². The number of hydrogen-bond acceptors (Lipinski definition) is 2. The van der Waals surface area contributed by atoms with Crippen molar-refractivity contribution in [3.63, 3.8) is 0 Å². The van der Waals surface area contributed by atoms with Gasteiger partial charge in [-0.1, -0.05) is 19.3 Å². The van der Waals surface area contributed by atoms with Crippen LogP contribution in [-0.2, 0) is 0 Å². The Morgan fingerprint density at radius 2 is 1.83 bits per heavy atom. The van der Waals surface area contributed by atoms with Gasteiger partial charge in [-0.05, 0) is 69.4 Å². The second kappa shape index (κ2) is 8.60.